The van der Waals surface area contributed by atoms with Crippen molar-refractivity contribution in [1.82, 2.24) is 14.8 Å². The molecule has 10 heteroatoms. The van der Waals surface area contributed by atoms with Crippen molar-refractivity contribution in [3.63, 3.8) is 0 Å². The lowest BCUT2D eigenvalue weighted by Crippen LogP contribution is -2.60. The van der Waals surface area contributed by atoms with E-state index in [0.717, 1.165) is 24.3 Å². The summed E-state index contributed by atoms with van der Waals surface area (Å²) in [6.07, 6.45) is 5.09. The normalized spacial score (nSPS) is 20.6. The van der Waals surface area contributed by atoms with Crippen LogP contribution < -0.4 is 10.2 Å². The van der Waals surface area contributed by atoms with Gasteiger partial charge in [-0.3, -0.25) is 15.0 Å². The lowest BCUT2D eigenvalue weighted by Gasteiger charge is -2.40. The minimum atomic E-state index is -3.94. The molecule has 0 saturated carbocycles. The van der Waals surface area contributed by atoms with Gasteiger partial charge in [-0.2, -0.15) is 0 Å². The number of nitrogens with zero attached hydrogens (tertiary/aromatic N) is 2. The van der Waals surface area contributed by atoms with Gasteiger partial charge in [0.2, 0.25) is 10.0 Å². The Morgan fingerprint density at radius 3 is 2.60 bits per heavy atom. The van der Waals surface area contributed by atoms with Crippen LogP contribution in [0.3, 0.4) is 0 Å². The summed E-state index contributed by atoms with van der Waals surface area (Å²) in [5.74, 6) is 0.00962. The number of hydrogen-bond donors (Lipinski definition) is 2. The van der Waals surface area contributed by atoms with Gasteiger partial charge in [0.15, 0.2) is 4.75 Å². The number of piperidine rings is 1. The standard InChI is InChI=1S/C20H31N3O6S/c1-2-3-12-29-17-4-5-18(21-15-17)16-6-10-23(11-7-16)30(26,27)20(19(24)22-25)8-13-28-14-9-20/h4-5,15-16,25H,2-3,6-14H2,1H3,(H,22,24). The molecule has 0 atom stereocenters. The lowest BCUT2D eigenvalue weighted by molar-refractivity contribution is -0.134. The van der Waals surface area contributed by atoms with Crippen LogP contribution in [0.5, 0.6) is 5.75 Å². The van der Waals surface area contributed by atoms with Crippen molar-refractivity contribution in [2.75, 3.05) is 32.9 Å². The van der Waals surface area contributed by atoms with Gasteiger partial charge >= 0.3 is 0 Å². The molecule has 30 heavy (non-hydrogen) atoms. The van der Waals surface area contributed by atoms with Gasteiger partial charge in [0.1, 0.15) is 5.75 Å². The van der Waals surface area contributed by atoms with E-state index in [4.69, 9.17) is 14.7 Å². The maximum absolute atomic E-state index is 13.3. The molecule has 0 unspecified atom stereocenters. The number of nitrogens with one attached hydrogen (secondary N) is 1. The summed E-state index contributed by atoms with van der Waals surface area (Å²) in [7, 11) is -3.94. The van der Waals surface area contributed by atoms with Crippen molar-refractivity contribution < 1.29 is 27.9 Å². The van der Waals surface area contributed by atoms with Crippen molar-refractivity contribution in [2.45, 2.75) is 56.1 Å². The topological polar surface area (TPSA) is 118 Å². The predicted octanol–water partition coefficient (Wildman–Crippen LogP) is 1.82. The Bertz CT molecular complexity index is 800. The van der Waals surface area contributed by atoms with Crippen LogP contribution in [0.4, 0.5) is 0 Å². The molecular formula is C20H31N3O6S. The number of carbonyl (C=O) groups is 1. The molecule has 168 valence electrons. The molecular weight excluding hydrogens is 410 g/mol. The van der Waals surface area contributed by atoms with Gasteiger partial charge in [0.25, 0.3) is 5.91 Å². The van der Waals surface area contributed by atoms with Crippen molar-refractivity contribution in [1.29, 1.82) is 0 Å². The van der Waals surface area contributed by atoms with E-state index in [1.165, 1.54) is 4.31 Å². The van der Waals surface area contributed by atoms with E-state index in [0.29, 0.717) is 32.5 Å². The van der Waals surface area contributed by atoms with Crippen LogP contribution >= 0.6 is 0 Å². The number of hydrogen-bond acceptors (Lipinski definition) is 7. The molecule has 0 bridgehead atoms. The number of hydroxylamine groups is 1. The highest BCUT2D eigenvalue weighted by molar-refractivity contribution is 7.91. The number of rotatable bonds is 8. The van der Waals surface area contributed by atoms with Crippen LogP contribution in [0, 0.1) is 0 Å². The van der Waals surface area contributed by atoms with Crippen LogP contribution in [-0.2, 0) is 19.6 Å². The number of sulfonamides is 1. The second kappa shape index (κ2) is 10.0. The van der Waals surface area contributed by atoms with Crippen LogP contribution in [0.25, 0.3) is 0 Å². The summed E-state index contributed by atoms with van der Waals surface area (Å²) >= 11 is 0. The number of pyridine rings is 1. The zero-order valence-electron chi connectivity index (χ0n) is 17.4. The molecule has 0 radical (unpaired) electrons. The third kappa shape index (κ3) is 4.61. The second-order valence-corrected chi connectivity index (χ2v) is 10.1. The maximum atomic E-state index is 13.3. The average molecular weight is 442 g/mol. The van der Waals surface area contributed by atoms with Crippen LogP contribution in [-0.4, -0.2) is 66.5 Å². The Kier molecular flexibility index (Phi) is 7.67. The van der Waals surface area contributed by atoms with Crippen molar-refractivity contribution in [3.8, 4) is 5.75 Å². The van der Waals surface area contributed by atoms with Crippen LogP contribution in [0.15, 0.2) is 18.3 Å². The summed E-state index contributed by atoms with van der Waals surface area (Å²) < 4.78 is 37.3. The first kappa shape index (κ1) is 22.9. The molecule has 2 fully saturated rings. The SMILES string of the molecule is CCCCOc1ccc(C2CCN(S(=O)(=O)C3(C(=O)NO)CCOCC3)CC2)nc1. The highest BCUT2D eigenvalue weighted by atomic mass is 32.2. The van der Waals surface area contributed by atoms with Crippen LogP contribution in [0.1, 0.15) is 57.1 Å². The highest BCUT2D eigenvalue weighted by Gasteiger charge is 2.54. The Balaban J connectivity index is 1.64. The highest BCUT2D eigenvalue weighted by Crippen LogP contribution is 2.36. The molecule has 2 saturated heterocycles. The monoisotopic (exact) mass is 441 g/mol. The molecule has 2 aliphatic heterocycles. The van der Waals surface area contributed by atoms with E-state index >= 15 is 0 Å². The number of aromatic nitrogens is 1. The van der Waals surface area contributed by atoms with Crippen molar-refractivity contribution in [2.24, 2.45) is 0 Å². The summed E-state index contributed by atoms with van der Waals surface area (Å²) in [5, 5.41) is 9.15. The molecule has 3 rings (SSSR count). The van der Waals surface area contributed by atoms with Gasteiger partial charge in [-0.15, -0.1) is 0 Å². The van der Waals surface area contributed by atoms with Crippen LogP contribution in [0.2, 0.25) is 0 Å². The van der Waals surface area contributed by atoms with E-state index in [2.05, 4.69) is 11.9 Å². The van der Waals surface area contributed by atoms with E-state index in [1.807, 2.05) is 12.1 Å². The third-order valence-electron chi connectivity index (χ3n) is 6.05. The Hall–Kier alpha value is -1.75. The van der Waals surface area contributed by atoms with Crippen molar-refractivity contribution in [3.05, 3.63) is 24.0 Å². The van der Waals surface area contributed by atoms with Gasteiger partial charge in [-0.1, -0.05) is 13.3 Å². The fourth-order valence-electron chi connectivity index (χ4n) is 4.10. The molecule has 0 aliphatic carbocycles. The first-order chi connectivity index (χ1) is 14.4. The van der Waals surface area contributed by atoms with E-state index in [-0.39, 0.29) is 32.0 Å². The summed E-state index contributed by atoms with van der Waals surface area (Å²) in [5.41, 5.74) is 2.48. The zero-order chi connectivity index (χ0) is 21.6. The molecule has 0 spiro atoms. The van der Waals surface area contributed by atoms with Crippen molar-refractivity contribution >= 4 is 15.9 Å². The van der Waals surface area contributed by atoms with Gasteiger partial charge in [-0.05, 0) is 31.4 Å². The Labute approximate surface area is 177 Å². The predicted molar refractivity (Wildman–Crippen MR) is 110 cm³/mol. The molecule has 0 aromatic carbocycles. The van der Waals surface area contributed by atoms with E-state index in [1.54, 1.807) is 11.7 Å². The minimum absolute atomic E-state index is 0.0305. The summed E-state index contributed by atoms with van der Waals surface area (Å²) in [6.45, 7) is 3.73. The molecule has 3 heterocycles. The largest absolute Gasteiger partial charge is 0.492 e. The van der Waals surface area contributed by atoms with Gasteiger partial charge in [0, 0.05) is 50.8 Å². The Morgan fingerprint density at radius 2 is 2.03 bits per heavy atom. The minimum Gasteiger partial charge on any atom is -0.492 e. The summed E-state index contributed by atoms with van der Waals surface area (Å²) in [6, 6.07) is 3.85. The van der Waals surface area contributed by atoms with Gasteiger partial charge < -0.3 is 9.47 Å². The number of carbonyl (C=O) groups excluding carboxylic acids is 1. The first-order valence-electron chi connectivity index (χ1n) is 10.6. The molecule has 2 N–H and O–H groups in total. The quantitative estimate of drug-likeness (QED) is 0.359. The van der Waals surface area contributed by atoms with Gasteiger partial charge in [-0.25, -0.2) is 18.2 Å². The van der Waals surface area contributed by atoms with E-state index in [9.17, 15) is 13.2 Å². The van der Waals surface area contributed by atoms with Gasteiger partial charge in [0.05, 0.1) is 12.8 Å². The molecule has 1 aromatic heterocycles. The smallest absolute Gasteiger partial charge is 0.266 e. The van der Waals surface area contributed by atoms with E-state index < -0.39 is 20.7 Å². The fourth-order valence-corrected chi connectivity index (χ4v) is 6.25. The summed E-state index contributed by atoms with van der Waals surface area (Å²) in [4.78, 5) is 16.9. The fraction of sp³-hybridized carbons (Fsp3) is 0.700. The number of unbranched alkanes of at least 4 members (excludes halogenated alkanes) is 1. The zero-order valence-corrected chi connectivity index (χ0v) is 18.2. The number of amides is 1. The molecule has 1 amide bonds. The maximum Gasteiger partial charge on any atom is 0.266 e. The average Bonchev–Trinajstić information content (AvgIpc) is 2.79. The third-order valence-corrected chi connectivity index (χ3v) is 8.67. The molecule has 1 aromatic rings. The lowest BCUT2D eigenvalue weighted by atomic mass is 9.94. The number of ether oxygens (including phenoxy) is 2. The second-order valence-electron chi connectivity index (χ2n) is 7.85. The molecule has 9 nitrogen and oxygen atoms in total. The molecule has 2 aliphatic rings. The Morgan fingerprint density at radius 1 is 1.33 bits per heavy atom. The first-order valence-corrected chi connectivity index (χ1v) is 12.0.